The molecule has 1 saturated heterocycles. The number of piperazine rings is 1. The topological polar surface area (TPSA) is 83.5 Å². The molecule has 5 rings (SSSR count). The first kappa shape index (κ1) is 25.4. The Balaban J connectivity index is 1.41. The molecule has 196 valence electrons. The van der Waals surface area contributed by atoms with Crippen molar-refractivity contribution in [1.29, 1.82) is 0 Å². The van der Waals surface area contributed by atoms with E-state index in [2.05, 4.69) is 15.2 Å². The fourth-order valence-electron chi connectivity index (χ4n) is 4.66. The maximum absolute atomic E-state index is 14.2. The van der Waals surface area contributed by atoms with Crippen LogP contribution in [0.5, 0.6) is 0 Å². The highest BCUT2D eigenvalue weighted by Crippen LogP contribution is 2.40. The van der Waals surface area contributed by atoms with Crippen LogP contribution >= 0.6 is 11.3 Å². The van der Waals surface area contributed by atoms with Crippen LogP contribution in [-0.4, -0.2) is 63.8 Å². The van der Waals surface area contributed by atoms with Gasteiger partial charge >= 0.3 is 6.09 Å². The van der Waals surface area contributed by atoms with Crippen molar-refractivity contribution >= 4 is 28.5 Å². The fourth-order valence-corrected chi connectivity index (χ4v) is 5.77. The molecule has 1 amide bonds. The third-order valence-electron chi connectivity index (χ3n) is 6.49. The van der Waals surface area contributed by atoms with E-state index in [-0.39, 0.29) is 11.9 Å². The van der Waals surface area contributed by atoms with Crippen molar-refractivity contribution in [2.24, 2.45) is 0 Å². The zero-order valence-electron chi connectivity index (χ0n) is 21.5. The maximum atomic E-state index is 14.2. The summed E-state index contributed by atoms with van der Waals surface area (Å²) >= 11 is 1.53. The minimum atomic E-state index is -0.526. The minimum Gasteiger partial charge on any atom is -0.444 e. The molecule has 2 aromatic heterocycles. The first-order chi connectivity index (χ1) is 17.7. The number of thiazole rings is 1. The largest absolute Gasteiger partial charge is 0.444 e. The van der Waals surface area contributed by atoms with Crippen molar-refractivity contribution in [2.45, 2.75) is 58.1 Å². The predicted octanol–water partition coefficient (Wildman–Crippen LogP) is 5.82. The van der Waals surface area contributed by atoms with Gasteiger partial charge in [-0.2, -0.15) is 0 Å². The smallest absolute Gasteiger partial charge is 0.410 e. The first-order valence-electron chi connectivity index (χ1n) is 12.8. The van der Waals surface area contributed by atoms with Gasteiger partial charge in [-0.1, -0.05) is 36.3 Å². The van der Waals surface area contributed by atoms with Gasteiger partial charge in [0.1, 0.15) is 11.4 Å². The van der Waals surface area contributed by atoms with Gasteiger partial charge in [0.25, 0.3) is 0 Å². The summed E-state index contributed by atoms with van der Waals surface area (Å²) in [4.78, 5) is 31.4. The van der Waals surface area contributed by atoms with E-state index in [0.717, 1.165) is 28.5 Å². The number of rotatable bonds is 5. The monoisotopic (exact) mass is 524 g/mol. The normalized spacial score (nSPS) is 16.8. The Hall–Kier alpha value is -3.27. The lowest BCUT2D eigenvalue weighted by Gasteiger charge is -2.35. The Morgan fingerprint density at radius 3 is 2.57 bits per heavy atom. The van der Waals surface area contributed by atoms with Gasteiger partial charge in [-0.05, 0) is 51.8 Å². The molecule has 3 heterocycles. The second kappa shape index (κ2) is 10.6. The molecule has 0 spiro atoms. The van der Waals surface area contributed by atoms with Gasteiger partial charge < -0.3 is 19.9 Å². The van der Waals surface area contributed by atoms with Gasteiger partial charge in [-0.25, -0.2) is 24.1 Å². The SMILES string of the molecule is CC(C)(C)OC(=O)N1CCN(c2nc(-c3cccc(F)c3)c(-c3ccnc(NC4CCCC4)n3)s2)CC1. The lowest BCUT2D eigenvalue weighted by atomic mass is 10.1. The molecular weight excluding hydrogens is 491 g/mol. The van der Waals surface area contributed by atoms with Crippen LogP contribution < -0.4 is 10.2 Å². The Bertz CT molecular complexity index is 1250. The molecule has 2 aliphatic rings. The molecule has 1 N–H and O–H groups in total. The average Bonchev–Trinajstić information content (AvgIpc) is 3.54. The third-order valence-corrected chi connectivity index (χ3v) is 7.63. The predicted molar refractivity (Wildman–Crippen MR) is 144 cm³/mol. The number of aromatic nitrogens is 3. The zero-order chi connectivity index (χ0) is 26.0. The summed E-state index contributed by atoms with van der Waals surface area (Å²) < 4.78 is 19.7. The van der Waals surface area contributed by atoms with Gasteiger partial charge in [0, 0.05) is 44.0 Å². The second-order valence-corrected chi connectivity index (χ2v) is 11.5. The van der Waals surface area contributed by atoms with Crippen LogP contribution in [0.4, 0.5) is 20.3 Å². The van der Waals surface area contributed by atoms with Gasteiger partial charge in [-0.3, -0.25) is 0 Å². The number of ether oxygens (including phenoxy) is 1. The average molecular weight is 525 g/mol. The van der Waals surface area contributed by atoms with E-state index in [1.807, 2.05) is 32.9 Å². The van der Waals surface area contributed by atoms with Crippen molar-refractivity contribution in [2.75, 3.05) is 36.4 Å². The molecule has 1 aliphatic carbocycles. The number of anilines is 2. The maximum Gasteiger partial charge on any atom is 0.410 e. The van der Waals surface area contributed by atoms with Crippen LogP contribution in [-0.2, 0) is 4.74 Å². The number of carbonyl (C=O) groups excluding carboxylic acids is 1. The molecule has 10 heteroatoms. The molecule has 1 aliphatic heterocycles. The number of hydrogen-bond acceptors (Lipinski definition) is 8. The van der Waals surface area contributed by atoms with E-state index >= 15 is 0 Å². The van der Waals surface area contributed by atoms with E-state index in [9.17, 15) is 9.18 Å². The van der Waals surface area contributed by atoms with Crippen LogP contribution in [0.3, 0.4) is 0 Å². The van der Waals surface area contributed by atoms with Gasteiger partial charge in [0.2, 0.25) is 5.95 Å². The van der Waals surface area contributed by atoms with Crippen molar-refractivity contribution in [3.63, 3.8) is 0 Å². The summed E-state index contributed by atoms with van der Waals surface area (Å²) in [6.45, 7) is 7.96. The molecule has 1 aromatic carbocycles. The number of carbonyl (C=O) groups is 1. The van der Waals surface area contributed by atoms with Crippen LogP contribution in [0, 0.1) is 5.82 Å². The lowest BCUT2D eigenvalue weighted by molar-refractivity contribution is 0.0240. The molecule has 3 aromatic rings. The summed E-state index contributed by atoms with van der Waals surface area (Å²) in [5.41, 5.74) is 1.63. The van der Waals surface area contributed by atoms with E-state index in [0.29, 0.717) is 49.4 Å². The highest BCUT2D eigenvalue weighted by molar-refractivity contribution is 7.19. The van der Waals surface area contributed by atoms with E-state index in [1.54, 1.807) is 17.2 Å². The number of nitrogens with zero attached hydrogens (tertiary/aromatic N) is 5. The summed E-state index contributed by atoms with van der Waals surface area (Å²) in [5, 5.41) is 4.28. The number of benzene rings is 1. The standard InChI is InChI=1S/C27H33FN6O2S/c1-27(2,3)36-26(35)34-15-13-33(14-16-34)25-32-22(18-7-6-8-19(28)17-18)23(37-25)21-11-12-29-24(31-21)30-20-9-4-5-10-20/h6-8,11-12,17,20H,4-5,9-10,13-16H2,1-3H3,(H,29,30,31). The van der Waals surface area contributed by atoms with Crippen LogP contribution in [0.1, 0.15) is 46.5 Å². The van der Waals surface area contributed by atoms with Crippen molar-refractivity contribution in [3.05, 3.63) is 42.3 Å². The number of amides is 1. The molecular formula is C27H33FN6O2S. The van der Waals surface area contributed by atoms with Crippen LogP contribution in [0.15, 0.2) is 36.5 Å². The molecule has 2 fully saturated rings. The Morgan fingerprint density at radius 1 is 1.11 bits per heavy atom. The summed E-state index contributed by atoms with van der Waals surface area (Å²) in [6.07, 6.45) is 6.16. The Labute approximate surface area is 220 Å². The molecule has 0 bridgehead atoms. The Morgan fingerprint density at radius 2 is 1.86 bits per heavy atom. The van der Waals surface area contributed by atoms with E-state index in [1.165, 1.54) is 36.3 Å². The highest BCUT2D eigenvalue weighted by atomic mass is 32.1. The second-order valence-electron chi connectivity index (χ2n) is 10.5. The fraction of sp³-hybridized carbons (Fsp3) is 0.481. The van der Waals surface area contributed by atoms with Crippen LogP contribution in [0.25, 0.3) is 21.8 Å². The van der Waals surface area contributed by atoms with Gasteiger partial charge in [0.05, 0.1) is 16.3 Å². The van der Waals surface area contributed by atoms with Crippen molar-refractivity contribution in [3.8, 4) is 21.8 Å². The first-order valence-corrected chi connectivity index (χ1v) is 13.7. The number of nitrogens with one attached hydrogen (secondary N) is 1. The lowest BCUT2D eigenvalue weighted by Crippen LogP contribution is -2.50. The van der Waals surface area contributed by atoms with Crippen LogP contribution in [0.2, 0.25) is 0 Å². The third kappa shape index (κ3) is 6.18. The molecule has 0 unspecified atom stereocenters. The quantitative estimate of drug-likeness (QED) is 0.450. The Kier molecular flexibility index (Phi) is 7.28. The van der Waals surface area contributed by atoms with E-state index in [4.69, 9.17) is 14.7 Å². The van der Waals surface area contributed by atoms with Gasteiger partial charge in [0.15, 0.2) is 5.13 Å². The van der Waals surface area contributed by atoms with Crippen molar-refractivity contribution in [1.82, 2.24) is 19.9 Å². The molecule has 1 saturated carbocycles. The van der Waals surface area contributed by atoms with Gasteiger partial charge in [-0.15, -0.1) is 0 Å². The number of hydrogen-bond donors (Lipinski definition) is 1. The zero-order valence-corrected chi connectivity index (χ0v) is 22.4. The molecule has 0 radical (unpaired) electrons. The number of halogens is 1. The van der Waals surface area contributed by atoms with Crippen molar-refractivity contribution < 1.29 is 13.9 Å². The molecule has 8 nitrogen and oxygen atoms in total. The molecule has 37 heavy (non-hydrogen) atoms. The highest BCUT2D eigenvalue weighted by Gasteiger charge is 2.28. The minimum absolute atomic E-state index is 0.296. The molecule has 0 atom stereocenters. The summed E-state index contributed by atoms with van der Waals surface area (Å²) in [7, 11) is 0. The van der Waals surface area contributed by atoms with E-state index < -0.39 is 5.60 Å². The summed E-state index contributed by atoms with van der Waals surface area (Å²) in [5.74, 6) is 0.297. The summed E-state index contributed by atoms with van der Waals surface area (Å²) in [6, 6.07) is 8.77.